The van der Waals surface area contributed by atoms with Crippen LogP contribution in [0.4, 0.5) is 0 Å². The summed E-state index contributed by atoms with van der Waals surface area (Å²) in [7, 11) is 0. The monoisotopic (exact) mass is 409 g/mol. The lowest BCUT2D eigenvalue weighted by molar-refractivity contribution is -0.137. The molecule has 0 spiro atoms. The van der Waals surface area contributed by atoms with Crippen LogP contribution in [0.1, 0.15) is 31.1 Å². The van der Waals surface area contributed by atoms with E-state index in [1.807, 2.05) is 20.8 Å². The molecule has 7 heteroatoms. The molecule has 156 valence electrons. The third-order valence-electron chi connectivity index (χ3n) is 4.45. The second-order valence-electron chi connectivity index (χ2n) is 7.03. The molecule has 0 saturated heterocycles. The van der Waals surface area contributed by atoms with Gasteiger partial charge in [-0.2, -0.15) is 0 Å². The van der Waals surface area contributed by atoms with Crippen LogP contribution in [0.2, 0.25) is 0 Å². The van der Waals surface area contributed by atoms with Crippen molar-refractivity contribution < 1.29 is 23.5 Å². The Morgan fingerprint density at radius 3 is 2.33 bits per heavy atom. The Kier molecular flexibility index (Phi) is 6.51. The van der Waals surface area contributed by atoms with Crippen LogP contribution in [0.3, 0.4) is 0 Å². The summed E-state index contributed by atoms with van der Waals surface area (Å²) >= 11 is 0. The average molecular weight is 409 g/mol. The number of fused-ring (bicyclic) bond motifs is 1. The topological polar surface area (TPSA) is 94.8 Å². The van der Waals surface area contributed by atoms with E-state index in [9.17, 15) is 14.4 Å². The number of hydrogen-bond acceptors (Lipinski definition) is 6. The lowest BCUT2D eigenvalue weighted by Gasteiger charge is -2.21. The van der Waals surface area contributed by atoms with E-state index < -0.39 is 23.5 Å². The molecule has 30 heavy (non-hydrogen) atoms. The van der Waals surface area contributed by atoms with Gasteiger partial charge in [-0.05, 0) is 55.3 Å². The summed E-state index contributed by atoms with van der Waals surface area (Å²) in [5, 5.41) is 3.43. The number of benzene rings is 2. The van der Waals surface area contributed by atoms with Gasteiger partial charge < -0.3 is 19.2 Å². The van der Waals surface area contributed by atoms with Gasteiger partial charge in [0.2, 0.25) is 0 Å². The van der Waals surface area contributed by atoms with Crippen molar-refractivity contribution in [2.45, 2.75) is 26.8 Å². The second kappa shape index (κ2) is 9.26. The Hall–Kier alpha value is -3.61. The molecule has 0 aliphatic heterocycles. The maximum absolute atomic E-state index is 12.7. The highest BCUT2D eigenvalue weighted by atomic mass is 16.5. The molecular formula is C23H23NO6. The number of carbonyl (C=O) groups excluding carboxylic acids is 2. The molecular weight excluding hydrogens is 386 g/mol. The highest BCUT2D eigenvalue weighted by molar-refractivity contribution is 5.97. The second-order valence-corrected chi connectivity index (χ2v) is 7.03. The Labute approximate surface area is 173 Å². The molecule has 0 bridgehead atoms. The maximum Gasteiger partial charge on any atom is 0.336 e. The van der Waals surface area contributed by atoms with E-state index in [2.05, 4.69) is 5.32 Å². The summed E-state index contributed by atoms with van der Waals surface area (Å²) in [5.41, 5.74) is 0.227. The van der Waals surface area contributed by atoms with E-state index in [1.54, 1.807) is 42.5 Å². The smallest absolute Gasteiger partial charge is 0.336 e. The van der Waals surface area contributed by atoms with Gasteiger partial charge in [-0.25, -0.2) is 9.59 Å². The highest BCUT2D eigenvalue weighted by Gasteiger charge is 2.27. The SMILES string of the molecule is CCOc1ccc(C(=O)N[C@H](C(=O)Oc2ccc3ccc(=O)oc3c2)C(C)C)cc1. The maximum atomic E-state index is 12.7. The molecule has 0 fully saturated rings. The minimum Gasteiger partial charge on any atom is -0.494 e. The first-order valence-corrected chi connectivity index (χ1v) is 9.66. The summed E-state index contributed by atoms with van der Waals surface area (Å²) in [6.07, 6.45) is 0. The normalized spacial score (nSPS) is 11.9. The molecule has 0 unspecified atom stereocenters. The molecule has 3 aromatic rings. The van der Waals surface area contributed by atoms with Crippen LogP contribution >= 0.6 is 0 Å². The zero-order valence-corrected chi connectivity index (χ0v) is 17.0. The van der Waals surface area contributed by atoms with Crippen LogP contribution in [0, 0.1) is 5.92 Å². The van der Waals surface area contributed by atoms with Crippen LogP contribution in [-0.4, -0.2) is 24.5 Å². The molecule has 7 nitrogen and oxygen atoms in total. The van der Waals surface area contributed by atoms with E-state index in [0.717, 1.165) is 0 Å². The molecule has 0 radical (unpaired) electrons. The molecule has 1 amide bonds. The summed E-state index contributed by atoms with van der Waals surface area (Å²) in [6.45, 7) is 6.03. The number of amides is 1. The summed E-state index contributed by atoms with van der Waals surface area (Å²) < 4.78 is 15.9. The van der Waals surface area contributed by atoms with Crippen molar-refractivity contribution in [2.24, 2.45) is 5.92 Å². The molecule has 1 atom stereocenters. The number of hydrogen-bond donors (Lipinski definition) is 1. The van der Waals surface area contributed by atoms with E-state index in [1.165, 1.54) is 12.1 Å². The molecule has 2 aromatic carbocycles. The predicted molar refractivity (Wildman–Crippen MR) is 112 cm³/mol. The fourth-order valence-corrected chi connectivity index (χ4v) is 2.88. The molecule has 1 aromatic heterocycles. The molecule has 0 aliphatic carbocycles. The molecule has 0 aliphatic rings. The van der Waals surface area contributed by atoms with Crippen molar-refractivity contribution in [3.8, 4) is 11.5 Å². The molecule has 1 N–H and O–H groups in total. The Morgan fingerprint density at radius 1 is 1.00 bits per heavy atom. The number of rotatable bonds is 7. The minimum atomic E-state index is -0.859. The molecule has 1 heterocycles. The first-order valence-electron chi connectivity index (χ1n) is 9.66. The van der Waals surface area contributed by atoms with Gasteiger partial charge in [0, 0.05) is 23.1 Å². The third-order valence-corrected chi connectivity index (χ3v) is 4.45. The summed E-state index contributed by atoms with van der Waals surface area (Å²) in [6, 6.07) is 13.5. The van der Waals surface area contributed by atoms with Crippen LogP contribution in [0.5, 0.6) is 11.5 Å². The van der Waals surface area contributed by atoms with Crippen LogP contribution in [0.15, 0.2) is 63.8 Å². The number of nitrogens with one attached hydrogen (secondary N) is 1. The van der Waals surface area contributed by atoms with Crippen molar-refractivity contribution in [3.05, 3.63) is 70.6 Å². The van der Waals surface area contributed by atoms with E-state index >= 15 is 0 Å². The van der Waals surface area contributed by atoms with Gasteiger partial charge in [0.25, 0.3) is 5.91 Å². The quantitative estimate of drug-likeness (QED) is 0.364. The first kappa shape index (κ1) is 21.1. The van der Waals surface area contributed by atoms with Crippen molar-refractivity contribution in [1.29, 1.82) is 0 Å². The van der Waals surface area contributed by atoms with Crippen molar-refractivity contribution in [1.82, 2.24) is 5.32 Å². The minimum absolute atomic E-state index is 0.206. The van der Waals surface area contributed by atoms with E-state index in [0.29, 0.717) is 28.9 Å². The molecule has 0 saturated carbocycles. The van der Waals surface area contributed by atoms with Gasteiger partial charge in [0.1, 0.15) is 23.1 Å². The van der Waals surface area contributed by atoms with E-state index in [-0.39, 0.29) is 11.7 Å². The lowest BCUT2D eigenvalue weighted by Crippen LogP contribution is -2.46. The standard InChI is InChI=1S/C23H23NO6/c1-4-28-17-9-6-16(7-10-17)22(26)24-21(14(2)3)23(27)29-18-11-5-15-8-12-20(25)30-19(15)13-18/h5-14,21H,4H2,1-3H3,(H,24,26)/t21-/m0/s1. The zero-order chi connectivity index (χ0) is 21.7. The van der Waals surface area contributed by atoms with Crippen molar-refractivity contribution >= 4 is 22.8 Å². The van der Waals surface area contributed by atoms with Gasteiger partial charge in [-0.3, -0.25) is 4.79 Å². The Morgan fingerprint density at radius 2 is 1.67 bits per heavy atom. The van der Waals surface area contributed by atoms with Gasteiger partial charge in [-0.15, -0.1) is 0 Å². The van der Waals surface area contributed by atoms with Gasteiger partial charge in [0.15, 0.2) is 0 Å². The van der Waals surface area contributed by atoms with Crippen LogP contribution in [0.25, 0.3) is 11.0 Å². The predicted octanol–water partition coefficient (Wildman–Crippen LogP) is 3.55. The number of ether oxygens (including phenoxy) is 2. The van der Waals surface area contributed by atoms with Crippen molar-refractivity contribution in [3.63, 3.8) is 0 Å². The highest BCUT2D eigenvalue weighted by Crippen LogP contribution is 2.21. The van der Waals surface area contributed by atoms with Crippen LogP contribution in [-0.2, 0) is 4.79 Å². The fraction of sp³-hybridized carbons (Fsp3) is 0.261. The summed E-state index contributed by atoms with van der Waals surface area (Å²) in [5.74, 6) is -0.317. The number of carbonyl (C=O) groups is 2. The first-order chi connectivity index (χ1) is 14.4. The lowest BCUT2D eigenvalue weighted by atomic mass is 10.0. The van der Waals surface area contributed by atoms with Gasteiger partial charge >= 0.3 is 11.6 Å². The third kappa shape index (κ3) is 5.05. The average Bonchev–Trinajstić information content (AvgIpc) is 2.72. The van der Waals surface area contributed by atoms with Crippen molar-refractivity contribution in [2.75, 3.05) is 6.61 Å². The summed E-state index contributed by atoms with van der Waals surface area (Å²) in [4.78, 5) is 36.7. The van der Waals surface area contributed by atoms with Gasteiger partial charge in [0.05, 0.1) is 6.61 Å². The Balaban J connectivity index is 1.73. The van der Waals surface area contributed by atoms with Crippen LogP contribution < -0.4 is 20.4 Å². The number of esters is 1. The van der Waals surface area contributed by atoms with Gasteiger partial charge in [-0.1, -0.05) is 13.8 Å². The largest absolute Gasteiger partial charge is 0.494 e. The molecule has 3 rings (SSSR count). The fourth-order valence-electron chi connectivity index (χ4n) is 2.88. The van der Waals surface area contributed by atoms with E-state index in [4.69, 9.17) is 13.9 Å². The zero-order valence-electron chi connectivity index (χ0n) is 17.0. The Bertz CT molecular complexity index is 1100.